The van der Waals surface area contributed by atoms with Crippen LogP contribution < -0.4 is 14.8 Å². The number of fused-ring (bicyclic) bond motifs is 1. The predicted octanol–water partition coefficient (Wildman–Crippen LogP) is 3.25. The van der Waals surface area contributed by atoms with E-state index in [1.165, 1.54) is 11.6 Å². The summed E-state index contributed by atoms with van der Waals surface area (Å²) in [5, 5.41) is 2.63. The van der Waals surface area contributed by atoms with E-state index >= 15 is 0 Å². The molecule has 0 spiro atoms. The van der Waals surface area contributed by atoms with Gasteiger partial charge in [0.2, 0.25) is 0 Å². The molecule has 1 N–H and O–H groups in total. The first kappa shape index (κ1) is 20.4. The van der Waals surface area contributed by atoms with E-state index < -0.39 is 18.4 Å². The first-order chi connectivity index (χ1) is 13.8. The molecule has 0 radical (unpaired) electrons. The number of benzene rings is 2. The number of carbonyl (C=O) groups is 3. The molecule has 1 amide bonds. The van der Waals surface area contributed by atoms with Crippen molar-refractivity contribution in [1.82, 2.24) is 0 Å². The van der Waals surface area contributed by atoms with Crippen LogP contribution in [0.15, 0.2) is 36.4 Å². The van der Waals surface area contributed by atoms with Crippen molar-refractivity contribution in [2.45, 2.75) is 26.7 Å². The maximum absolute atomic E-state index is 12.3. The Morgan fingerprint density at radius 3 is 2.66 bits per heavy atom. The molecule has 0 saturated heterocycles. The largest absolute Gasteiger partial charge is 0.482 e. The topological polar surface area (TPSA) is 90.9 Å². The molecule has 0 bridgehead atoms. The third-order valence-electron chi connectivity index (χ3n) is 4.52. The second-order valence-corrected chi connectivity index (χ2v) is 7.09. The van der Waals surface area contributed by atoms with E-state index in [9.17, 15) is 14.4 Å². The van der Waals surface area contributed by atoms with Crippen molar-refractivity contribution in [2.75, 3.05) is 25.1 Å². The average Bonchev–Trinajstić information content (AvgIpc) is 2.69. The quantitative estimate of drug-likeness (QED) is 0.570. The van der Waals surface area contributed by atoms with Gasteiger partial charge in [0, 0.05) is 5.56 Å². The summed E-state index contributed by atoms with van der Waals surface area (Å²) in [4.78, 5) is 35.6. The van der Waals surface area contributed by atoms with Crippen LogP contribution in [0.3, 0.4) is 0 Å². The van der Waals surface area contributed by atoms with Gasteiger partial charge in [0.25, 0.3) is 5.91 Å². The van der Waals surface area contributed by atoms with Crippen molar-refractivity contribution in [2.24, 2.45) is 0 Å². The van der Waals surface area contributed by atoms with Gasteiger partial charge in [-0.15, -0.1) is 0 Å². The van der Waals surface area contributed by atoms with Crippen LogP contribution in [0, 0.1) is 6.92 Å². The summed E-state index contributed by atoms with van der Waals surface area (Å²) in [5.41, 5.74) is 3.03. The van der Waals surface area contributed by atoms with Gasteiger partial charge in [-0.3, -0.25) is 9.59 Å². The highest BCUT2D eigenvalue weighted by Crippen LogP contribution is 2.28. The van der Waals surface area contributed by atoms with E-state index in [1.807, 2.05) is 25.1 Å². The van der Waals surface area contributed by atoms with Crippen molar-refractivity contribution >= 4 is 23.3 Å². The van der Waals surface area contributed by atoms with Gasteiger partial charge in [0.05, 0.1) is 5.69 Å². The number of carbonyl (C=O) groups excluding carboxylic acids is 3. The van der Waals surface area contributed by atoms with Crippen molar-refractivity contribution < 1.29 is 28.6 Å². The monoisotopic (exact) mass is 397 g/mol. The van der Waals surface area contributed by atoms with E-state index in [1.54, 1.807) is 12.1 Å². The van der Waals surface area contributed by atoms with Gasteiger partial charge < -0.3 is 19.5 Å². The molecule has 1 heterocycles. The maximum Gasteiger partial charge on any atom is 0.344 e. The molecule has 7 heteroatoms. The second kappa shape index (κ2) is 8.77. The smallest absolute Gasteiger partial charge is 0.344 e. The molecule has 1 aliphatic heterocycles. The van der Waals surface area contributed by atoms with Gasteiger partial charge in [0.15, 0.2) is 25.6 Å². The number of Topliss-reactive ketones (excluding diaryl/α,β-unsaturated/α-hetero) is 1. The molecule has 0 saturated carbocycles. The number of anilines is 1. The Kier molecular flexibility index (Phi) is 6.16. The zero-order valence-electron chi connectivity index (χ0n) is 16.6. The Morgan fingerprint density at radius 1 is 1.14 bits per heavy atom. The molecule has 0 fully saturated rings. The number of hydrogen-bond acceptors (Lipinski definition) is 6. The van der Waals surface area contributed by atoms with Crippen molar-refractivity contribution in [3.05, 3.63) is 53.1 Å². The van der Waals surface area contributed by atoms with E-state index in [0.29, 0.717) is 28.7 Å². The predicted molar refractivity (Wildman–Crippen MR) is 107 cm³/mol. The second-order valence-electron chi connectivity index (χ2n) is 7.09. The summed E-state index contributed by atoms with van der Waals surface area (Å²) in [6.45, 7) is 5.45. The van der Waals surface area contributed by atoms with Crippen molar-refractivity contribution in [3.63, 3.8) is 0 Å². The third-order valence-corrected chi connectivity index (χ3v) is 4.52. The average molecular weight is 397 g/mol. The zero-order valence-corrected chi connectivity index (χ0v) is 16.6. The number of amides is 1. The maximum atomic E-state index is 12.3. The SMILES string of the molecule is Cc1cc(OCC(=O)OCC(=O)c2ccc3c(c2)NC(=O)CO3)ccc1C(C)C. The van der Waals surface area contributed by atoms with E-state index in [0.717, 1.165) is 5.56 Å². The number of ketones is 1. The summed E-state index contributed by atoms with van der Waals surface area (Å²) >= 11 is 0. The molecule has 7 nitrogen and oxygen atoms in total. The Balaban J connectivity index is 1.50. The minimum Gasteiger partial charge on any atom is -0.482 e. The Morgan fingerprint density at radius 2 is 1.93 bits per heavy atom. The number of ether oxygens (including phenoxy) is 3. The fourth-order valence-corrected chi connectivity index (χ4v) is 3.06. The number of esters is 1. The summed E-state index contributed by atoms with van der Waals surface area (Å²) in [6, 6.07) is 10.3. The summed E-state index contributed by atoms with van der Waals surface area (Å²) in [6.07, 6.45) is 0. The number of rotatable bonds is 7. The Bertz CT molecular complexity index is 950. The minimum absolute atomic E-state index is 0.0579. The van der Waals surface area contributed by atoms with Gasteiger partial charge in [-0.25, -0.2) is 4.79 Å². The van der Waals surface area contributed by atoms with Crippen molar-refractivity contribution in [3.8, 4) is 11.5 Å². The van der Waals surface area contributed by atoms with Crippen LogP contribution in [0.1, 0.15) is 41.3 Å². The lowest BCUT2D eigenvalue weighted by atomic mass is 9.98. The molecule has 1 aliphatic rings. The van der Waals surface area contributed by atoms with E-state index in [2.05, 4.69) is 19.2 Å². The highest BCUT2D eigenvalue weighted by molar-refractivity contribution is 6.01. The normalized spacial score (nSPS) is 12.6. The molecule has 0 unspecified atom stereocenters. The minimum atomic E-state index is -0.640. The standard InChI is InChI=1S/C22H23NO6/c1-13(2)17-6-5-16(8-14(17)3)27-12-22(26)29-10-19(24)15-4-7-20-18(9-15)23-21(25)11-28-20/h4-9,13H,10-12H2,1-3H3,(H,23,25). The summed E-state index contributed by atoms with van der Waals surface area (Å²) in [7, 11) is 0. The van der Waals surface area contributed by atoms with E-state index in [4.69, 9.17) is 14.2 Å². The molecule has 29 heavy (non-hydrogen) atoms. The highest BCUT2D eigenvalue weighted by atomic mass is 16.6. The Hall–Kier alpha value is -3.35. The molecule has 0 aromatic heterocycles. The van der Waals surface area contributed by atoms with Crippen molar-refractivity contribution in [1.29, 1.82) is 0 Å². The van der Waals surface area contributed by atoms with Gasteiger partial charge in [-0.05, 0) is 54.3 Å². The number of hydrogen-bond donors (Lipinski definition) is 1. The van der Waals surface area contributed by atoms with Gasteiger partial charge in [-0.2, -0.15) is 0 Å². The van der Waals surface area contributed by atoms with Gasteiger partial charge in [-0.1, -0.05) is 19.9 Å². The molecule has 0 aliphatic carbocycles. The van der Waals surface area contributed by atoms with Crippen LogP contribution in [-0.2, 0) is 14.3 Å². The van der Waals surface area contributed by atoms with Crippen LogP contribution in [0.4, 0.5) is 5.69 Å². The van der Waals surface area contributed by atoms with Gasteiger partial charge in [0.1, 0.15) is 11.5 Å². The Labute approximate surface area is 169 Å². The van der Waals surface area contributed by atoms with Crippen LogP contribution in [0.25, 0.3) is 0 Å². The lowest BCUT2D eigenvalue weighted by molar-refractivity contribution is -0.144. The zero-order chi connectivity index (χ0) is 21.0. The van der Waals surface area contributed by atoms with Crippen LogP contribution in [-0.4, -0.2) is 37.5 Å². The fourth-order valence-electron chi connectivity index (χ4n) is 3.06. The highest BCUT2D eigenvalue weighted by Gasteiger charge is 2.18. The van der Waals surface area contributed by atoms with Gasteiger partial charge >= 0.3 is 5.97 Å². The number of aryl methyl sites for hydroxylation is 1. The van der Waals surface area contributed by atoms with Crippen LogP contribution in [0.2, 0.25) is 0 Å². The third kappa shape index (κ3) is 5.13. The molecule has 2 aromatic rings. The summed E-state index contributed by atoms with van der Waals surface area (Å²) in [5.74, 6) is 0.147. The molecule has 152 valence electrons. The summed E-state index contributed by atoms with van der Waals surface area (Å²) < 4.78 is 15.7. The van der Waals surface area contributed by atoms with Crippen LogP contribution in [0.5, 0.6) is 11.5 Å². The lowest BCUT2D eigenvalue weighted by Gasteiger charge is -2.18. The first-order valence-electron chi connectivity index (χ1n) is 9.32. The molecule has 0 atom stereocenters. The van der Waals surface area contributed by atoms with Crippen LogP contribution >= 0.6 is 0 Å². The first-order valence-corrected chi connectivity index (χ1v) is 9.32. The molecule has 2 aromatic carbocycles. The van der Waals surface area contributed by atoms with E-state index in [-0.39, 0.29) is 19.1 Å². The molecule has 3 rings (SSSR count). The number of nitrogens with one attached hydrogen (secondary N) is 1. The lowest BCUT2D eigenvalue weighted by Crippen LogP contribution is -2.25. The fraction of sp³-hybridized carbons (Fsp3) is 0.318. The molecular formula is C22H23NO6. The molecular weight excluding hydrogens is 374 g/mol.